The van der Waals surface area contributed by atoms with Crippen molar-refractivity contribution in [1.29, 1.82) is 0 Å². The van der Waals surface area contributed by atoms with Crippen LogP contribution in [0.5, 0.6) is 0 Å². The summed E-state index contributed by atoms with van der Waals surface area (Å²) in [5, 5.41) is 2.38. The molecule has 0 saturated heterocycles. The van der Waals surface area contributed by atoms with Crippen LogP contribution in [-0.4, -0.2) is 38.9 Å². The van der Waals surface area contributed by atoms with E-state index in [2.05, 4.69) is 4.72 Å². The Morgan fingerprint density at radius 1 is 1.21 bits per heavy atom. The van der Waals surface area contributed by atoms with Crippen molar-refractivity contribution in [3.8, 4) is 0 Å². The number of sulfonamides is 1. The molecule has 0 spiro atoms. The molecule has 1 aromatic heterocycles. The quantitative estimate of drug-likeness (QED) is 0.758. The first-order valence-electron chi connectivity index (χ1n) is 7.41. The highest BCUT2D eigenvalue weighted by atomic mass is 35.5. The summed E-state index contributed by atoms with van der Waals surface area (Å²) < 4.78 is 26.9. The van der Waals surface area contributed by atoms with Crippen LogP contribution in [0.15, 0.2) is 46.0 Å². The molecule has 0 aliphatic heterocycles. The van der Waals surface area contributed by atoms with Gasteiger partial charge in [-0.1, -0.05) is 29.8 Å². The minimum atomic E-state index is -3.49. The topological polar surface area (TPSA) is 66.5 Å². The van der Waals surface area contributed by atoms with Crippen LogP contribution in [0.4, 0.5) is 0 Å². The molecule has 24 heavy (non-hydrogen) atoms. The molecular formula is C16H19ClN2O3S2. The van der Waals surface area contributed by atoms with Gasteiger partial charge in [0.2, 0.25) is 15.9 Å². The largest absolute Gasteiger partial charge is 0.341 e. The molecule has 5 nitrogen and oxygen atoms in total. The number of hydrogen-bond acceptors (Lipinski definition) is 4. The van der Waals surface area contributed by atoms with Crippen LogP contribution in [0.2, 0.25) is 5.02 Å². The van der Waals surface area contributed by atoms with E-state index in [0.29, 0.717) is 24.5 Å². The van der Waals surface area contributed by atoms with Gasteiger partial charge in [0, 0.05) is 31.6 Å². The third-order valence-corrected chi connectivity index (χ3v) is 6.57. The lowest BCUT2D eigenvalue weighted by Crippen LogP contribution is -2.38. The lowest BCUT2D eigenvalue weighted by atomic mass is 10.1. The fourth-order valence-electron chi connectivity index (χ4n) is 2.14. The van der Waals surface area contributed by atoms with Gasteiger partial charge in [0.15, 0.2) is 0 Å². The molecular weight excluding hydrogens is 368 g/mol. The van der Waals surface area contributed by atoms with Crippen LogP contribution < -0.4 is 4.72 Å². The Hall–Kier alpha value is -1.41. The minimum absolute atomic E-state index is 0.0840. The fourth-order valence-corrected chi connectivity index (χ4v) is 4.33. The SMILES string of the molecule is CC(=O)N(CCNS(=O)(=O)c1cccs1)CCc1ccc(Cl)cc1. The maximum Gasteiger partial charge on any atom is 0.250 e. The maximum atomic E-state index is 12.0. The molecule has 1 amide bonds. The van der Waals surface area contributed by atoms with E-state index in [1.807, 2.05) is 24.3 Å². The minimum Gasteiger partial charge on any atom is -0.341 e. The van der Waals surface area contributed by atoms with E-state index in [4.69, 9.17) is 11.6 Å². The van der Waals surface area contributed by atoms with Crippen molar-refractivity contribution >= 4 is 38.9 Å². The molecule has 2 aromatic rings. The number of rotatable bonds is 8. The Kier molecular flexibility index (Phi) is 6.79. The van der Waals surface area contributed by atoms with Crippen LogP contribution in [-0.2, 0) is 21.2 Å². The summed E-state index contributed by atoms with van der Waals surface area (Å²) >= 11 is 7.01. The number of carbonyl (C=O) groups excluding carboxylic acids is 1. The van der Waals surface area contributed by atoms with Crippen molar-refractivity contribution in [3.63, 3.8) is 0 Å². The van der Waals surface area contributed by atoms with Crippen molar-refractivity contribution in [3.05, 3.63) is 52.4 Å². The molecule has 0 unspecified atom stereocenters. The third kappa shape index (κ3) is 5.59. The number of halogens is 1. The first-order chi connectivity index (χ1) is 11.4. The van der Waals surface area contributed by atoms with E-state index in [1.165, 1.54) is 6.92 Å². The van der Waals surface area contributed by atoms with E-state index in [0.717, 1.165) is 16.9 Å². The van der Waals surface area contributed by atoms with Crippen LogP contribution in [0.1, 0.15) is 12.5 Å². The second-order valence-electron chi connectivity index (χ2n) is 5.21. The summed E-state index contributed by atoms with van der Waals surface area (Å²) in [6.07, 6.45) is 0.689. The zero-order valence-corrected chi connectivity index (χ0v) is 15.6. The molecule has 0 aliphatic carbocycles. The summed E-state index contributed by atoms with van der Waals surface area (Å²) in [4.78, 5) is 13.4. The number of thiophene rings is 1. The molecule has 0 atom stereocenters. The predicted molar refractivity (Wildman–Crippen MR) is 96.9 cm³/mol. The Bertz CT molecular complexity index is 759. The zero-order chi connectivity index (χ0) is 17.6. The molecule has 0 saturated carbocycles. The molecule has 0 aliphatic rings. The van der Waals surface area contributed by atoms with Gasteiger partial charge < -0.3 is 4.90 Å². The van der Waals surface area contributed by atoms with Gasteiger partial charge in [-0.05, 0) is 35.6 Å². The standard InChI is InChI=1S/C16H19ClN2O3S2/c1-13(20)19(10-8-14-4-6-15(17)7-5-14)11-9-18-24(21,22)16-3-2-12-23-16/h2-7,12,18H,8-11H2,1H3. The predicted octanol–water partition coefficient (Wildman–Crippen LogP) is 2.77. The van der Waals surface area contributed by atoms with Crippen molar-refractivity contribution in [2.24, 2.45) is 0 Å². The van der Waals surface area contributed by atoms with E-state index in [1.54, 1.807) is 22.4 Å². The summed E-state index contributed by atoms with van der Waals surface area (Å²) in [6.45, 7) is 2.52. The van der Waals surface area contributed by atoms with Gasteiger partial charge in [-0.2, -0.15) is 0 Å². The number of carbonyl (C=O) groups is 1. The summed E-state index contributed by atoms with van der Waals surface area (Å²) in [5.74, 6) is -0.0840. The summed E-state index contributed by atoms with van der Waals surface area (Å²) in [7, 11) is -3.49. The molecule has 2 rings (SSSR count). The molecule has 1 aromatic carbocycles. The van der Waals surface area contributed by atoms with Crippen molar-refractivity contribution in [2.75, 3.05) is 19.6 Å². The first-order valence-corrected chi connectivity index (χ1v) is 10.2. The first kappa shape index (κ1) is 18.9. The van der Waals surface area contributed by atoms with E-state index in [-0.39, 0.29) is 16.7 Å². The van der Waals surface area contributed by atoms with Crippen molar-refractivity contribution in [2.45, 2.75) is 17.6 Å². The van der Waals surface area contributed by atoms with Gasteiger partial charge in [-0.25, -0.2) is 13.1 Å². The van der Waals surface area contributed by atoms with E-state index in [9.17, 15) is 13.2 Å². The lowest BCUT2D eigenvalue weighted by Gasteiger charge is -2.21. The second-order valence-corrected chi connectivity index (χ2v) is 8.59. The van der Waals surface area contributed by atoms with Gasteiger partial charge in [0.25, 0.3) is 0 Å². The second kappa shape index (κ2) is 8.62. The maximum absolute atomic E-state index is 12.0. The highest BCUT2D eigenvalue weighted by Gasteiger charge is 2.15. The average molecular weight is 387 g/mol. The van der Waals surface area contributed by atoms with Gasteiger partial charge in [-0.3, -0.25) is 4.79 Å². The Morgan fingerprint density at radius 3 is 2.50 bits per heavy atom. The molecule has 0 radical (unpaired) electrons. The van der Waals surface area contributed by atoms with Gasteiger partial charge in [-0.15, -0.1) is 11.3 Å². The summed E-state index contributed by atoms with van der Waals surface area (Å²) in [5.41, 5.74) is 1.07. The molecule has 0 fully saturated rings. The molecule has 1 N–H and O–H groups in total. The molecule has 130 valence electrons. The number of hydrogen-bond donors (Lipinski definition) is 1. The Labute approximate surface area is 151 Å². The Balaban J connectivity index is 1.85. The van der Waals surface area contributed by atoms with E-state index < -0.39 is 10.0 Å². The highest BCUT2D eigenvalue weighted by Crippen LogP contribution is 2.15. The number of nitrogens with one attached hydrogen (secondary N) is 1. The smallest absolute Gasteiger partial charge is 0.250 e. The van der Waals surface area contributed by atoms with Crippen LogP contribution in [0.3, 0.4) is 0 Å². The molecule has 1 heterocycles. The zero-order valence-electron chi connectivity index (χ0n) is 13.2. The molecule has 8 heteroatoms. The third-order valence-electron chi connectivity index (χ3n) is 3.46. The van der Waals surface area contributed by atoms with Gasteiger partial charge in [0.05, 0.1) is 0 Å². The van der Waals surface area contributed by atoms with Crippen LogP contribution in [0, 0.1) is 0 Å². The summed E-state index contributed by atoms with van der Waals surface area (Å²) in [6, 6.07) is 10.7. The van der Waals surface area contributed by atoms with E-state index >= 15 is 0 Å². The number of amides is 1. The van der Waals surface area contributed by atoms with Crippen molar-refractivity contribution in [1.82, 2.24) is 9.62 Å². The van der Waals surface area contributed by atoms with Crippen molar-refractivity contribution < 1.29 is 13.2 Å². The van der Waals surface area contributed by atoms with Gasteiger partial charge >= 0.3 is 0 Å². The normalized spacial score (nSPS) is 11.4. The number of nitrogens with zero attached hydrogens (tertiary/aromatic N) is 1. The molecule has 0 bridgehead atoms. The Morgan fingerprint density at radius 2 is 1.92 bits per heavy atom. The highest BCUT2D eigenvalue weighted by molar-refractivity contribution is 7.91. The van der Waals surface area contributed by atoms with Crippen LogP contribution in [0.25, 0.3) is 0 Å². The van der Waals surface area contributed by atoms with Crippen LogP contribution >= 0.6 is 22.9 Å². The monoisotopic (exact) mass is 386 g/mol. The lowest BCUT2D eigenvalue weighted by molar-refractivity contribution is -0.128. The number of benzene rings is 1. The fraction of sp³-hybridized carbons (Fsp3) is 0.312. The average Bonchev–Trinajstić information content (AvgIpc) is 3.07. The van der Waals surface area contributed by atoms with Gasteiger partial charge in [0.1, 0.15) is 4.21 Å².